The quantitative estimate of drug-likeness (QED) is 0.605. The molecule has 0 aliphatic carbocycles. The molecule has 0 unspecified atom stereocenters. The van der Waals surface area contributed by atoms with Crippen LogP contribution in [-0.2, 0) is 16.9 Å². The van der Waals surface area contributed by atoms with Crippen molar-refractivity contribution in [3.63, 3.8) is 0 Å². The maximum absolute atomic E-state index is 12.6. The van der Waals surface area contributed by atoms with E-state index in [1.807, 2.05) is 24.5 Å². The van der Waals surface area contributed by atoms with Gasteiger partial charge in [-0.15, -0.1) is 5.10 Å². The van der Waals surface area contributed by atoms with E-state index >= 15 is 0 Å². The third-order valence-corrected chi connectivity index (χ3v) is 7.31. The van der Waals surface area contributed by atoms with E-state index in [1.54, 1.807) is 7.05 Å². The Labute approximate surface area is 149 Å². The molecule has 136 valence electrons. The molecule has 3 heterocycles. The second-order valence-corrected chi connectivity index (χ2v) is 9.47. The van der Waals surface area contributed by atoms with Crippen LogP contribution >= 0.6 is 11.8 Å². The first-order valence-corrected chi connectivity index (χ1v) is 10.7. The van der Waals surface area contributed by atoms with Crippen LogP contribution in [0.1, 0.15) is 34.2 Å². The van der Waals surface area contributed by atoms with Crippen molar-refractivity contribution in [2.75, 3.05) is 17.3 Å². The summed E-state index contributed by atoms with van der Waals surface area (Å²) in [5, 5.41) is 6.66. The maximum atomic E-state index is 12.6. The fourth-order valence-electron chi connectivity index (χ4n) is 3.27. The minimum absolute atomic E-state index is 0.0688. The SMILES string of the molecule is Cc1cc(C(=O)CSc2n[nH]c(=O)n2C)c(C)n1[C@H]1CCS(=O)(=O)C1. The Kier molecular flexibility index (Phi) is 4.67. The maximum Gasteiger partial charge on any atom is 0.343 e. The van der Waals surface area contributed by atoms with Gasteiger partial charge in [-0.25, -0.2) is 18.3 Å². The Balaban J connectivity index is 1.79. The first-order valence-electron chi connectivity index (χ1n) is 7.86. The minimum Gasteiger partial charge on any atom is -0.344 e. The van der Waals surface area contributed by atoms with Crippen molar-refractivity contribution < 1.29 is 13.2 Å². The molecule has 3 rings (SSSR count). The van der Waals surface area contributed by atoms with Crippen molar-refractivity contribution >= 4 is 27.4 Å². The average Bonchev–Trinajstić information content (AvgIpc) is 3.15. The highest BCUT2D eigenvalue weighted by atomic mass is 32.2. The fraction of sp³-hybridized carbons (Fsp3) is 0.533. The zero-order valence-corrected chi connectivity index (χ0v) is 15.9. The van der Waals surface area contributed by atoms with E-state index in [0.717, 1.165) is 11.4 Å². The first kappa shape index (κ1) is 18.0. The van der Waals surface area contributed by atoms with E-state index in [1.165, 1.54) is 16.3 Å². The Hall–Kier alpha value is -1.81. The van der Waals surface area contributed by atoms with Gasteiger partial charge in [-0.2, -0.15) is 0 Å². The molecule has 1 fully saturated rings. The lowest BCUT2D eigenvalue weighted by molar-refractivity contribution is 0.102. The number of rotatable bonds is 5. The topological polar surface area (TPSA) is 107 Å². The van der Waals surface area contributed by atoms with Crippen LogP contribution in [0.3, 0.4) is 0 Å². The smallest absolute Gasteiger partial charge is 0.343 e. The van der Waals surface area contributed by atoms with E-state index in [0.29, 0.717) is 17.1 Å². The standard InChI is InChI=1S/C15H20N4O4S2/c1-9-6-12(10(2)19(9)11-4-5-25(22,23)8-11)13(20)7-24-15-17-16-14(21)18(15)3/h6,11H,4-5,7-8H2,1-3H3,(H,16,21)/t11-/m0/s1. The molecule has 0 bridgehead atoms. The number of ketones is 1. The number of aromatic amines is 1. The van der Waals surface area contributed by atoms with Gasteiger partial charge < -0.3 is 4.57 Å². The molecule has 2 aromatic heterocycles. The third kappa shape index (κ3) is 3.45. The van der Waals surface area contributed by atoms with Gasteiger partial charge in [0.05, 0.1) is 17.3 Å². The van der Waals surface area contributed by atoms with E-state index in [2.05, 4.69) is 10.2 Å². The Bertz CT molecular complexity index is 984. The summed E-state index contributed by atoms with van der Waals surface area (Å²) in [6.07, 6.45) is 0.580. The molecule has 1 N–H and O–H groups in total. The Morgan fingerprint density at radius 2 is 2.16 bits per heavy atom. The molecule has 1 saturated heterocycles. The first-order chi connectivity index (χ1) is 11.7. The van der Waals surface area contributed by atoms with Crippen LogP contribution in [0.15, 0.2) is 16.0 Å². The van der Waals surface area contributed by atoms with Gasteiger partial charge in [-0.3, -0.25) is 9.36 Å². The summed E-state index contributed by atoms with van der Waals surface area (Å²) in [4.78, 5) is 23.9. The normalized spacial score (nSPS) is 19.4. The lowest BCUT2D eigenvalue weighted by Gasteiger charge is -2.16. The van der Waals surface area contributed by atoms with Crippen LogP contribution < -0.4 is 5.69 Å². The summed E-state index contributed by atoms with van der Waals surface area (Å²) in [6.45, 7) is 3.74. The van der Waals surface area contributed by atoms with Gasteiger partial charge in [-0.05, 0) is 26.3 Å². The van der Waals surface area contributed by atoms with Gasteiger partial charge in [0.1, 0.15) is 0 Å². The summed E-state index contributed by atoms with van der Waals surface area (Å²) in [6, 6.07) is 1.71. The number of nitrogens with one attached hydrogen (secondary N) is 1. The summed E-state index contributed by atoms with van der Waals surface area (Å²) in [5.41, 5.74) is 1.95. The number of hydrogen-bond acceptors (Lipinski definition) is 6. The largest absolute Gasteiger partial charge is 0.344 e. The van der Waals surface area contributed by atoms with Gasteiger partial charge in [0.2, 0.25) is 0 Å². The summed E-state index contributed by atoms with van der Waals surface area (Å²) in [7, 11) is -1.40. The highest BCUT2D eigenvalue weighted by Crippen LogP contribution is 2.29. The van der Waals surface area contributed by atoms with E-state index in [9.17, 15) is 18.0 Å². The highest BCUT2D eigenvalue weighted by Gasteiger charge is 2.31. The zero-order chi connectivity index (χ0) is 18.4. The van der Waals surface area contributed by atoms with Crippen LogP contribution in [0.4, 0.5) is 0 Å². The highest BCUT2D eigenvalue weighted by molar-refractivity contribution is 7.99. The average molecular weight is 384 g/mol. The molecule has 0 aromatic carbocycles. The summed E-state index contributed by atoms with van der Waals surface area (Å²) < 4.78 is 26.8. The molecule has 8 nitrogen and oxygen atoms in total. The number of sulfone groups is 1. The molecule has 2 aromatic rings. The predicted octanol–water partition coefficient (Wildman–Crippen LogP) is 0.861. The number of hydrogen-bond donors (Lipinski definition) is 1. The fourth-order valence-corrected chi connectivity index (χ4v) is 5.77. The molecule has 25 heavy (non-hydrogen) atoms. The van der Waals surface area contributed by atoms with Gasteiger partial charge in [0, 0.05) is 30.0 Å². The number of aromatic nitrogens is 4. The molecule has 0 saturated carbocycles. The van der Waals surface area contributed by atoms with Crippen molar-refractivity contribution in [1.29, 1.82) is 0 Å². The Morgan fingerprint density at radius 1 is 1.44 bits per heavy atom. The number of aryl methyl sites for hydroxylation is 1. The van der Waals surface area contributed by atoms with Crippen LogP contribution in [0.5, 0.6) is 0 Å². The molecule has 1 aliphatic heterocycles. The van der Waals surface area contributed by atoms with Gasteiger partial charge >= 0.3 is 5.69 Å². The summed E-state index contributed by atoms with van der Waals surface area (Å²) >= 11 is 1.19. The van der Waals surface area contributed by atoms with E-state index in [-0.39, 0.29) is 34.8 Å². The molecule has 0 spiro atoms. The molecule has 1 atom stereocenters. The van der Waals surface area contributed by atoms with Crippen molar-refractivity contribution in [3.8, 4) is 0 Å². The zero-order valence-electron chi connectivity index (χ0n) is 14.3. The van der Waals surface area contributed by atoms with Crippen molar-refractivity contribution in [3.05, 3.63) is 33.5 Å². The Morgan fingerprint density at radius 3 is 2.72 bits per heavy atom. The molecular weight excluding hydrogens is 364 g/mol. The van der Waals surface area contributed by atoms with Crippen molar-refractivity contribution in [2.24, 2.45) is 7.05 Å². The van der Waals surface area contributed by atoms with Crippen LogP contribution in [0.25, 0.3) is 0 Å². The number of carbonyl (C=O) groups is 1. The summed E-state index contributed by atoms with van der Waals surface area (Å²) in [5.74, 6) is 0.411. The number of Topliss-reactive ketones (excluding diaryl/α,β-unsaturated/α-hetero) is 1. The molecule has 1 aliphatic rings. The molecule has 10 heteroatoms. The van der Waals surface area contributed by atoms with E-state index in [4.69, 9.17) is 0 Å². The van der Waals surface area contributed by atoms with Crippen LogP contribution in [-0.4, -0.2) is 50.8 Å². The van der Waals surface area contributed by atoms with Gasteiger partial charge in [0.25, 0.3) is 0 Å². The van der Waals surface area contributed by atoms with Crippen molar-refractivity contribution in [2.45, 2.75) is 31.5 Å². The molecule has 0 radical (unpaired) electrons. The van der Waals surface area contributed by atoms with Crippen LogP contribution in [0, 0.1) is 13.8 Å². The van der Waals surface area contributed by atoms with Crippen LogP contribution in [0.2, 0.25) is 0 Å². The number of nitrogens with zero attached hydrogens (tertiary/aromatic N) is 3. The lowest BCUT2D eigenvalue weighted by atomic mass is 10.2. The van der Waals surface area contributed by atoms with Crippen molar-refractivity contribution in [1.82, 2.24) is 19.3 Å². The van der Waals surface area contributed by atoms with Gasteiger partial charge in [-0.1, -0.05) is 11.8 Å². The number of thioether (sulfide) groups is 1. The lowest BCUT2D eigenvalue weighted by Crippen LogP contribution is -2.15. The monoisotopic (exact) mass is 384 g/mol. The van der Waals surface area contributed by atoms with E-state index < -0.39 is 9.84 Å². The second kappa shape index (κ2) is 6.49. The molecule has 0 amide bonds. The molecular formula is C15H20N4O4S2. The van der Waals surface area contributed by atoms with Gasteiger partial charge in [0.15, 0.2) is 20.8 Å². The predicted molar refractivity (Wildman–Crippen MR) is 95.1 cm³/mol. The number of H-pyrrole nitrogens is 1. The third-order valence-electron chi connectivity index (χ3n) is 4.53. The second-order valence-electron chi connectivity index (χ2n) is 6.29. The minimum atomic E-state index is -2.99. The number of carbonyl (C=O) groups excluding carboxylic acids is 1.